The second kappa shape index (κ2) is 5.54. The molecular formula is C16H19ClN4. The van der Waals surface area contributed by atoms with Gasteiger partial charge in [-0.25, -0.2) is 0 Å². The van der Waals surface area contributed by atoms with Crippen LogP contribution in [0.25, 0.3) is 10.9 Å². The molecule has 2 heterocycles. The molecule has 4 nitrogen and oxygen atoms in total. The van der Waals surface area contributed by atoms with Gasteiger partial charge in [-0.2, -0.15) is 5.10 Å². The minimum atomic E-state index is 0.666. The van der Waals surface area contributed by atoms with E-state index in [9.17, 15) is 0 Å². The van der Waals surface area contributed by atoms with Crippen molar-refractivity contribution in [2.24, 2.45) is 12.8 Å². The monoisotopic (exact) mass is 302 g/mol. The van der Waals surface area contributed by atoms with E-state index in [1.54, 1.807) is 4.68 Å². The molecule has 110 valence electrons. The minimum Gasteiger partial charge on any atom is -0.343 e. The van der Waals surface area contributed by atoms with Gasteiger partial charge in [0, 0.05) is 24.3 Å². The normalized spacial score (nSPS) is 11.4. The average molecular weight is 303 g/mol. The highest BCUT2D eigenvalue weighted by Gasteiger charge is 2.12. The molecule has 1 aromatic carbocycles. The fourth-order valence-corrected chi connectivity index (χ4v) is 2.95. The maximum absolute atomic E-state index is 6.33. The highest BCUT2D eigenvalue weighted by atomic mass is 35.5. The molecule has 0 aliphatic heterocycles. The Morgan fingerprint density at radius 3 is 2.76 bits per heavy atom. The van der Waals surface area contributed by atoms with Gasteiger partial charge in [-0.3, -0.25) is 4.68 Å². The van der Waals surface area contributed by atoms with Crippen LogP contribution in [0.3, 0.4) is 0 Å². The Labute approximate surface area is 129 Å². The highest BCUT2D eigenvalue weighted by Crippen LogP contribution is 2.24. The standard InChI is InChI=1S/C16H19ClN4/c1-11-14(16(17)20(2)19-11)10-21-8-6-13-4-3-12(5-7-18)9-15(13)21/h3-4,6,8-9H,5,7,10,18H2,1-2H3. The van der Waals surface area contributed by atoms with E-state index in [-0.39, 0.29) is 0 Å². The van der Waals surface area contributed by atoms with E-state index in [0.717, 1.165) is 24.2 Å². The van der Waals surface area contributed by atoms with Crippen LogP contribution in [0, 0.1) is 6.92 Å². The summed E-state index contributed by atoms with van der Waals surface area (Å²) in [5.41, 5.74) is 10.2. The maximum atomic E-state index is 6.33. The number of rotatable bonds is 4. The van der Waals surface area contributed by atoms with Gasteiger partial charge in [0.1, 0.15) is 5.15 Å². The van der Waals surface area contributed by atoms with E-state index in [2.05, 4.69) is 40.1 Å². The number of nitrogens with zero attached hydrogens (tertiary/aromatic N) is 3. The van der Waals surface area contributed by atoms with Gasteiger partial charge < -0.3 is 10.3 Å². The molecule has 0 bridgehead atoms. The molecule has 0 aliphatic rings. The van der Waals surface area contributed by atoms with Crippen LogP contribution in [0.2, 0.25) is 5.15 Å². The van der Waals surface area contributed by atoms with Crippen LogP contribution in [0.5, 0.6) is 0 Å². The van der Waals surface area contributed by atoms with Crippen molar-refractivity contribution < 1.29 is 0 Å². The molecule has 0 fully saturated rings. The molecule has 3 rings (SSSR count). The van der Waals surface area contributed by atoms with Crippen molar-refractivity contribution in [1.29, 1.82) is 0 Å². The Morgan fingerprint density at radius 2 is 2.10 bits per heavy atom. The summed E-state index contributed by atoms with van der Waals surface area (Å²) >= 11 is 6.33. The molecule has 0 saturated carbocycles. The summed E-state index contributed by atoms with van der Waals surface area (Å²) in [6, 6.07) is 8.62. The third-order valence-corrected chi connectivity index (χ3v) is 4.34. The van der Waals surface area contributed by atoms with E-state index >= 15 is 0 Å². The van der Waals surface area contributed by atoms with Crippen molar-refractivity contribution in [2.45, 2.75) is 19.9 Å². The second-order valence-electron chi connectivity index (χ2n) is 5.35. The Bertz CT molecular complexity index is 785. The third-order valence-electron chi connectivity index (χ3n) is 3.87. The molecule has 0 spiro atoms. The molecule has 2 aromatic heterocycles. The number of nitrogens with two attached hydrogens (primary N) is 1. The lowest BCUT2D eigenvalue weighted by Gasteiger charge is -2.07. The Kier molecular flexibility index (Phi) is 3.74. The van der Waals surface area contributed by atoms with Crippen molar-refractivity contribution >= 4 is 22.5 Å². The van der Waals surface area contributed by atoms with E-state index in [1.807, 2.05) is 14.0 Å². The summed E-state index contributed by atoms with van der Waals surface area (Å²) in [6.07, 6.45) is 2.99. The number of halogens is 1. The molecule has 0 saturated heterocycles. The SMILES string of the molecule is Cc1nn(C)c(Cl)c1Cn1ccc2ccc(CCN)cc21. The van der Waals surface area contributed by atoms with Crippen molar-refractivity contribution in [1.82, 2.24) is 14.3 Å². The maximum Gasteiger partial charge on any atom is 0.131 e. The van der Waals surface area contributed by atoms with Gasteiger partial charge in [0.25, 0.3) is 0 Å². The molecule has 2 N–H and O–H groups in total. The zero-order chi connectivity index (χ0) is 15.0. The fourth-order valence-electron chi connectivity index (χ4n) is 2.71. The Hall–Kier alpha value is -1.78. The van der Waals surface area contributed by atoms with Gasteiger partial charge in [0.05, 0.1) is 12.2 Å². The van der Waals surface area contributed by atoms with Gasteiger partial charge >= 0.3 is 0 Å². The van der Waals surface area contributed by atoms with E-state index in [4.69, 9.17) is 17.3 Å². The zero-order valence-corrected chi connectivity index (χ0v) is 13.1. The van der Waals surface area contributed by atoms with Gasteiger partial charge in [0.2, 0.25) is 0 Å². The van der Waals surface area contributed by atoms with E-state index in [0.29, 0.717) is 11.7 Å². The van der Waals surface area contributed by atoms with Crippen LogP contribution in [0.1, 0.15) is 16.8 Å². The number of hydrogen-bond donors (Lipinski definition) is 1. The first-order chi connectivity index (χ1) is 10.1. The van der Waals surface area contributed by atoms with Crippen molar-refractivity contribution in [3.8, 4) is 0 Å². The summed E-state index contributed by atoms with van der Waals surface area (Å²) in [5.74, 6) is 0. The zero-order valence-electron chi connectivity index (χ0n) is 12.3. The smallest absolute Gasteiger partial charge is 0.131 e. The van der Waals surface area contributed by atoms with Crippen LogP contribution in [-0.4, -0.2) is 20.9 Å². The first-order valence-corrected chi connectivity index (χ1v) is 7.43. The van der Waals surface area contributed by atoms with Crippen LogP contribution in [-0.2, 0) is 20.0 Å². The minimum absolute atomic E-state index is 0.666. The van der Waals surface area contributed by atoms with E-state index < -0.39 is 0 Å². The molecular weight excluding hydrogens is 284 g/mol. The fraction of sp³-hybridized carbons (Fsp3) is 0.312. The van der Waals surface area contributed by atoms with E-state index in [1.165, 1.54) is 16.5 Å². The number of aromatic nitrogens is 3. The largest absolute Gasteiger partial charge is 0.343 e. The first kappa shape index (κ1) is 14.2. The number of aryl methyl sites for hydroxylation is 2. The molecule has 0 amide bonds. The van der Waals surface area contributed by atoms with Gasteiger partial charge in [-0.1, -0.05) is 23.7 Å². The Morgan fingerprint density at radius 1 is 1.29 bits per heavy atom. The lowest BCUT2D eigenvalue weighted by molar-refractivity contribution is 0.757. The number of benzene rings is 1. The Balaban J connectivity index is 2.02. The van der Waals surface area contributed by atoms with Crippen LogP contribution < -0.4 is 5.73 Å². The van der Waals surface area contributed by atoms with Crippen LogP contribution >= 0.6 is 11.6 Å². The molecule has 0 unspecified atom stereocenters. The second-order valence-corrected chi connectivity index (χ2v) is 5.71. The number of fused-ring (bicyclic) bond motifs is 1. The third kappa shape index (κ3) is 2.57. The van der Waals surface area contributed by atoms with Gasteiger partial charge in [-0.15, -0.1) is 0 Å². The molecule has 3 aromatic rings. The summed E-state index contributed by atoms with van der Waals surface area (Å²) in [7, 11) is 1.87. The van der Waals surface area contributed by atoms with Crippen molar-refractivity contribution in [3.63, 3.8) is 0 Å². The van der Waals surface area contributed by atoms with Crippen LogP contribution in [0.15, 0.2) is 30.5 Å². The predicted octanol–water partition coefficient (Wildman–Crippen LogP) is 2.89. The summed E-state index contributed by atoms with van der Waals surface area (Å²) in [4.78, 5) is 0. The first-order valence-electron chi connectivity index (χ1n) is 7.06. The van der Waals surface area contributed by atoms with Crippen molar-refractivity contribution in [3.05, 3.63) is 52.4 Å². The van der Waals surface area contributed by atoms with Gasteiger partial charge in [-0.05, 0) is 43.0 Å². The number of hydrogen-bond acceptors (Lipinski definition) is 2. The van der Waals surface area contributed by atoms with Gasteiger partial charge in [0.15, 0.2) is 0 Å². The highest BCUT2D eigenvalue weighted by molar-refractivity contribution is 6.30. The lowest BCUT2D eigenvalue weighted by atomic mass is 10.1. The topological polar surface area (TPSA) is 48.8 Å². The summed E-state index contributed by atoms with van der Waals surface area (Å²) in [5, 5.41) is 6.30. The average Bonchev–Trinajstić information content (AvgIpc) is 2.96. The quantitative estimate of drug-likeness (QED) is 0.805. The summed E-state index contributed by atoms with van der Waals surface area (Å²) in [6.45, 7) is 3.39. The molecule has 5 heteroatoms. The molecule has 21 heavy (non-hydrogen) atoms. The molecule has 0 aliphatic carbocycles. The lowest BCUT2D eigenvalue weighted by Crippen LogP contribution is -2.03. The van der Waals surface area contributed by atoms with Crippen LogP contribution in [0.4, 0.5) is 0 Å². The molecule has 0 atom stereocenters. The predicted molar refractivity (Wildman–Crippen MR) is 86.8 cm³/mol. The summed E-state index contributed by atoms with van der Waals surface area (Å²) < 4.78 is 3.93. The van der Waals surface area contributed by atoms with Crippen molar-refractivity contribution in [2.75, 3.05) is 6.54 Å². The molecule has 0 radical (unpaired) electrons.